The number of carbonyl (C=O) groups excluding carboxylic acids is 2. The van der Waals surface area contributed by atoms with Crippen molar-refractivity contribution >= 4 is 11.9 Å². The van der Waals surface area contributed by atoms with Crippen LogP contribution in [0.25, 0.3) is 0 Å². The molecule has 0 aromatic carbocycles. The van der Waals surface area contributed by atoms with Crippen LogP contribution in [-0.4, -0.2) is 11.9 Å². The largest absolute Gasteiger partial charge is 0.393 e. The predicted octanol–water partition coefficient (Wildman–Crippen LogP) is 12.7. The van der Waals surface area contributed by atoms with Crippen LogP contribution in [0, 0.1) is 0 Å². The molecule has 41 heavy (non-hydrogen) atoms. The van der Waals surface area contributed by atoms with Gasteiger partial charge in [-0.25, -0.2) is 0 Å². The second-order valence-corrected chi connectivity index (χ2v) is 11.9. The maximum absolute atomic E-state index is 11.9. The number of rotatable bonds is 31. The number of carbonyl (C=O) groups is 2. The van der Waals surface area contributed by atoms with E-state index in [9.17, 15) is 9.59 Å². The molecule has 0 saturated heterocycles. The number of ether oxygens (including phenoxy) is 1. The molecule has 3 nitrogen and oxygen atoms in total. The lowest BCUT2D eigenvalue weighted by molar-refractivity contribution is -0.159. The maximum atomic E-state index is 11.9. The predicted molar refractivity (Wildman–Crippen MR) is 179 cm³/mol. The minimum absolute atomic E-state index is 0.338. The van der Waals surface area contributed by atoms with Crippen LogP contribution in [-0.2, 0) is 14.3 Å². The molecule has 0 heterocycles. The van der Waals surface area contributed by atoms with Crippen molar-refractivity contribution in [1.29, 1.82) is 0 Å². The average molecular weight is 573 g/mol. The highest BCUT2D eigenvalue weighted by Gasteiger charge is 2.09. The van der Waals surface area contributed by atoms with Crippen LogP contribution < -0.4 is 0 Å². The van der Waals surface area contributed by atoms with E-state index in [0.717, 1.165) is 57.8 Å². The first-order valence-electron chi connectivity index (χ1n) is 17.9. The van der Waals surface area contributed by atoms with Crippen molar-refractivity contribution in [3.8, 4) is 0 Å². The van der Waals surface area contributed by atoms with Gasteiger partial charge in [0.1, 0.15) is 0 Å². The molecule has 0 N–H and O–H groups in total. The summed E-state index contributed by atoms with van der Waals surface area (Å²) in [6, 6.07) is 0. The van der Waals surface area contributed by atoms with Crippen LogP contribution in [0.4, 0.5) is 0 Å². The van der Waals surface area contributed by atoms with Gasteiger partial charge in [0.25, 0.3) is 0 Å². The summed E-state index contributed by atoms with van der Waals surface area (Å²) >= 11 is 0. The Morgan fingerprint density at radius 2 is 0.756 bits per heavy atom. The van der Waals surface area contributed by atoms with Crippen LogP contribution >= 0.6 is 0 Å². The van der Waals surface area contributed by atoms with E-state index in [1.807, 2.05) is 0 Å². The van der Waals surface area contributed by atoms with Gasteiger partial charge in [-0.3, -0.25) is 9.59 Å². The van der Waals surface area contributed by atoms with Gasteiger partial charge in [-0.2, -0.15) is 0 Å². The standard InChI is InChI=1S/C38H68O3/c1-3-5-7-9-11-13-15-17-19-20-22-24-26-28-30-32-34-36-38(40)41-37(39)35-33-31-29-27-25-23-21-18-16-14-12-10-8-6-4-2/h6,8,12,14,18,21H,3-5,7,9-11,13,15-17,19-20,22-36H2,1-2H3/b8-6-,14-12-,21-18-. The molecule has 0 aliphatic carbocycles. The minimum Gasteiger partial charge on any atom is -0.393 e. The molecule has 0 saturated carbocycles. The SMILES string of the molecule is CC/C=C\C/C=C\C/C=C\CCCCCCCC(=O)OC(=O)CCCCCCCCCCCCCCCCCCC. The van der Waals surface area contributed by atoms with E-state index < -0.39 is 0 Å². The second kappa shape index (κ2) is 34.6. The van der Waals surface area contributed by atoms with Crippen LogP contribution in [0.1, 0.15) is 194 Å². The second-order valence-electron chi connectivity index (χ2n) is 11.9. The highest BCUT2D eigenvalue weighted by atomic mass is 16.6. The third kappa shape index (κ3) is 34.5. The Balaban J connectivity index is 3.35. The van der Waals surface area contributed by atoms with E-state index in [1.165, 1.54) is 109 Å². The van der Waals surface area contributed by atoms with E-state index in [-0.39, 0.29) is 11.9 Å². The summed E-state index contributed by atoms with van der Waals surface area (Å²) in [6.07, 6.45) is 46.3. The molecule has 0 aromatic heterocycles. The fourth-order valence-electron chi connectivity index (χ4n) is 5.11. The lowest BCUT2D eigenvalue weighted by atomic mass is 10.0. The van der Waals surface area contributed by atoms with Crippen LogP contribution in [0.3, 0.4) is 0 Å². The van der Waals surface area contributed by atoms with Crippen molar-refractivity contribution in [2.75, 3.05) is 0 Å². The van der Waals surface area contributed by atoms with E-state index in [1.54, 1.807) is 0 Å². The Morgan fingerprint density at radius 1 is 0.415 bits per heavy atom. The molecule has 238 valence electrons. The quantitative estimate of drug-likeness (QED) is 0.0359. The molecule has 0 aliphatic rings. The van der Waals surface area contributed by atoms with Crippen molar-refractivity contribution in [1.82, 2.24) is 0 Å². The third-order valence-corrected chi connectivity index (χ3v) is 7.74. The zero-order valence-electron chi connectivity index (χ0n) is 27.5. The van der Waals surface area contributed by atoms with Gasteiger partial charge >= 0.3 is 11.9 Å². The van der Waals surface area contributed by atoms with Gasteiger partial charge in [0.15, 0.2) is 0 Å². The van der Waals surface area contributed by atoms with E-state index in [4.69, 9.17) is 4.74 Å². The average Bonchev–Trinajstić information content (AvgIpc) is 2.96. The Bertz CT molecular complexity index is 646. The number of hydrogen-bond donors (Lipinski definition) is 0. The lowest BCUT2D eigenvalue weighted by Gasteiger charge is -2.05. The molecular formula is C38H68O3. The minimum atomic E-state index is -0.344. The van der Waals surface area contributed by atoms with Gasteiger partial charge in [-0.1, -0.05) is 172 Å². The first-order valence-corrected chi connectivity index (χ1v) is 17.9. The topological polar surface area (TPSA) is 43.4 Å². The summed E-state index contributed by atoms with van der Waals surface area (Å²) in [6.45, 7) is 4.44. The monoisotopic (exact) mass is 573 g/mol. The summed E-state index contributed by atoms with van der Waals surface area (Å²) in [5.74, 6) is -0.682. The molecule has 0 aromatic rings. The van der Waals surface area contributed by atoms with Crippen molar-refractivity contribution in [3.05, 3.63) is 36.5 Å². The van der Waals surface area contributed by atoms with E-state index in [0.29, 0.717) is 12.8 Å². The number of allylic oxidation sites excluding steroid dienone is 6. The molecule has 0 spiro atoms. The zero-order chi connectivity index (χ0) is 29.9. The van der Waals surface area contributed by atoms with Gasteiger partial charge in [0, 0.05) is 12.8 Å². The molecule has 3 heteroatoms. The molecule has 0 rings (SSSR count). The molecule has 0 amide bonds. The first-order chi connectivity index (χ1) is 20.2. The molecule has 0 radical (unpaired) electrons. The Hall–Kier alpha value is -1.64. The van der Waals surface area contributed by atoms with Crippen LogP contribution in [0.2, 0.25) is 0 Å². The lowest BCUT2D eigenvalue weighted by Crippen LogP contribution is -2.11. The van der Waals surface area contributed by atoms with Crippen molar-refractivity contribution in [2.24, 2.45) is 0 Å². The third-order valence-electron chi connectivity index (χ3n) is 7.74. The van der Waals surface area contributed by atoms with Gasteiger partial charge in [-0.15, -0.1) is 0 Å². The normalized spacial score (nSPS) is 11.9. The summed E-state index contributed by atoms with van der Waals surface area (Å²) in [5.41, 5.74) is 0. The van der Waals surface area contributed by atoms with Gasteiger partial charge in [0.05, 0.1) is 0 Å². The highest BCUT2D eigenvalue weighted by Crippen LogP contribution is 2.15. The first kappa shape index (κ1) is 39.4. The van der Waals surface area contributed by atoms with Crippen molar-refractivity contribution < 1.29 is 14.3 Å². The molecule has 0 fully saturated rings. The smallest absolute Gasteiger partial charge is 0.313 e. The molecule has 0 aliphatic heterocycles. The molecule has 0 bridgehead atoms. The molecule has 0 unspecified atom stereocenters. The summed E-state index contributed by atoms with van der Waals surface area (Å²) in [5, 5.41) is 0. The Morgan fingerprint density at radius 3 is 1.17 bits per heavy atom. The van der Waals surface area contributed by atoms with Crippen LogP contribution in [0.15, 0.2) is 36.5 Å². The Kier molecular flexibility index (Phi) is 33.2. The highest BCUT2D eigenvalue weighted by molar-refractivity contribution is 5.85. The molecule has 0 atom stereocenters. The van der Waals surface area contributed by atoms with Gasteiger partial charge in [0.2, 0.25) is 0 Å². The number of unbranched alkanes of at least 4 members (excludes halogenated alkanes) is 21. The van der Waals surface area contributed by atoms with Crippen molar-refractivity contribution in [2.45, 2.75) is 194 Å². The van der Waals surface area contributed by atoms with E-state index in [2.05, 4.69) is 50.3 Å². The fourth-order valence-corrected chi connectivity index (χ4v) is 5.11. The van der Waals surface area contributed by atoms with Gasteiger partial charge in [-0.05, 0) is 44.9 Å². The zero-order valence-corrected chi connectivity index (χ0v) is 27.5. The maximum Gasteiger partial charge on any atom is 0.313 e. The fraction of sp³-hybridized carbons (Fsp3) is 0.789. The van der Waals surface area contributed by atoms with E-state index >= 15 is 0 Å². The summed E-state index contributed by atoms with van der Waals surface area (Å²) in [4.78, 5) is 23.8. The number of hydrogen-bond acceptors (Lipinski definition) is 3. The van der Waals surface area contributed by atoms with Crippen molar-refractivity contribution in [3.63, 3.8) is 0 Å². The molecular weight excluding hydrogens is 504 g/mol. The summed E-state index contributed by atoms with van der Waals surface area (Å²) < 4.78 is 5.00. The summed E-state index contributed by atoms with van der Waals surface area (Å²) in [7, 11) is 0. The Labute approximate surface area is 256 Å². The number of esters is 2. The van der Waals surface area contributed by atoms with Crippen LogP contribution in [0.5, 0.6) is 0 Å². The van der Waals surface area contributed by atoms with Gasteiger partial charge < -0.3 is 4.74 Å².